The highest BCUT2D eigenvalue weighted by molar-refractivity contribution is 7.98. The fraction of sp³-hybridized carbons (Fsp3) is 0.0714. The van der Waals surface area contributed by atoms with Crippen LogP contribution in [0.25, 0.3) is 0 Å². The first-order valence-corrected chi connectivity index (χ1v) is 9.02. The molecule has 1 aromatic carbocycles. The monoisotopic (exact) mass is 362 g/mol. The smallest absolute Gasteiger partial charge is 0.292 e. The van der Waals surface area contributed by atoms with Gasteiger partial charge in [0.15, 0.2) is 0 Å². The second kappa shape index (κ2) is 6.66. The molecular formula is C14H10N4O4S2. The standard InChI is InChI=1S/C14H10N4O4S2/c1-23-12-10(7-15)13(19)18(14(20)11(12)8-16)17-24(21,22)9-5-3-2-4-6-9/h2-6,17,19H,1H3. The maximum Gasteiger partial charge on any atom is 0.292 e. The highest BCUT2D eigenvalue weighted by atomic mass is 32.2. The van der Waals surface area contributed by atoms with Crippen LogP contribution in [0.15, 0.2) is 44.9 Å². The summed E-state index contributed by atoms with van der Waals surface area (Å²) in [6.45, 7) is 0. The van der Waals surface area contributed by atoms with Crippen LogP contribution in [0.4, 0.5) is 0 Å². The van der Waals surface area contributed by atoms with E-state index in [0.717, 1.165) is 11.8 Å². The minimum Gasteiger partial charge on any atom is -0.492 e. The van der Waals surface area contributed by atoms with Crippen molar-refractivity contribution in [3.05, 3.63) is 51.8 Å². The van der Waals surface area contributed by atoms with Gasteiger partial charge >= 0.3 is 0 Å². The molecule has 0 spiro atoms. The van der Waals surface area contributed by atoms with Gasteiger partial charge in [-0.2, -0.15) is 23.6 Å². The first-order valence-electron chi connectivity index (χ1n) is 6.31. The van der Waals surface area contributed by atoms with Crippen molar-refractivity contribution in [2.75, 3.05) is 11.1 Å². The van der Waals surface area contributed by atoms with Gasteiger partial charge in [0, 0.05) is 0 Å². The molecule has 0 radical (unpaired) electrons. The summed E-state index contributed by atoms with van der Waals surface area (Å²) in [4.78, 5) is 14.0. The van der Waals surface area contributed by atoms with Gasteiger partial charge in [-0.05, 0) is 18.4 Å². The number of aromatic nitrogens is 1. The summed E-state index contributed by atoms with van der Waals surface area (Å²) >= 11 is 0.927. The van der Waals surface area contributed by atoms with E-state index in [1.165, 1.54) is 30.5 Å². The average Bonchev–Trinajstić information content (AvgIpc) is 2.59. The minimum absolute atomic E-state index is 0.0161. The molecule has 0 aliphatic rings. The number of nitrogens with zero attached hydrogens (tertiary/aromatic N) is 3. The minimum atomic E-state index is -4.20. The van der Waals surface area contributed by atoms with Crippen LogP contribution in [-0.2, 0) is 10.0 Å². The molecule has 1 aromatic heterocycles. The lowest BCUT2D eigenvalue weighted by atomic mass is 10.2. The first-order chi connectivity index (χ1) is 11.4. The van der Waals surface area contributed by atoms with E-state index in [2.05, 4.69) is 0 Å². The molecule has 0 saturated carbocycles. The van der Waals surface area contributed by atoms with Gasteiger partial charge in [-0.1, -0.05) is 18.2 Å². The summed E-state index contributed by atoms with van der Waals surface area (Å²) in [6.07, 6.45) is 1.52. The zero-order valence-electron chi connectivity index (χ0n) is 12.2. The predicted octanol–water partition coefficient (Wildman–Crippen LogP) is 0.952. The molecule has 0 fully saturated rings. The van der Waals surface area contributed by atoms with Crippen LogP contribution in [0.2, 0.25) is 0 Å². The molecule has 2 aromatic rings. The van der Waals surface area contributed by atoms with Crippen LogP contribution < -0.4 is 10.4 Å². The van der Waals surface area contributed by atoms with Crippen molar-refractivity contribution in [1.82, 2.24) is 4.68 Å². The summed E-state index contributed by atoms with van der Waals surface area (Å²) in [5, 5.41) is 28.4. The number of nitriles is 2. The molecule has 8 nitrogen and oxygen atoms in total. The quantitative estimate of drug-likeness (QED) is 0.773. The van der Waals surface area contributed by atoms with Crippen LogP contribution in [0.5, 0.6) is 5.88 Å². The van der Waals surface area contributed by atoms with E-state index < -0.39 is 27.0 Å². The van der Waals surface area contributed by atoms with Gasteiger partial charge in [0.05, 0.1) is 9.79 Å². The SMILES string of the molecule is CSc1c(C#N)c(O)n(NS(=O)(=O)c2ccccc2)c(=O)c1C#N. The van der Waals surface area contributed by atoms with Crippen molar-refractivity contribution in [2.45, 2.75) is 9.79 Å². The topological polar surface area (TPSA) is 136 Å². The Morgan fingerprint density at radius 1 is 1.17 bits per heavy atom. The molecule has 0 amide bonds. The molecule has 2 rings (SSSR count). The molecule has 1 heterocycles. The predicted molar refractivity (Wildman–Crippen MR) is 86.6 cm³/mol. The summed E-state index contributed by atoms with van der Waals surface area (Å²) < 4.78 is 24.9. The van der Waals surface area contributed by atoms with E-state index in [-0.39, 0.29) is 20.0 Å². The zero-order chi connectivity index (χ0) is 17.9. The lowest BCUT2D eigenvalue weighted by Crippen LogP contribution is -2.35. The van der Waals surface area contributed by atoms with E-state index >= 15 is 0 Å². The number of pyridine rings is 1. The first kappa shape index (κ1) is 17.4. The van der Waals surface area contributed by atoms with Crippen LogP contribution in [-0.4, -0.2) is 24.5 Å². The van der Waals surface area contributed by atoms with E-state index in [0.29, 0.717) is 0 Å². The zero-order valence-corrected chi connectivity index (χ0v) is 13.8. The second-order valence-electron chi connectivity index (χ2n) is 4.38. The second-order valence-corrected chi connectivity index (χ2v) is 6.86. The molecule has 2 N–H and O–H groups in total. The Morgan fingerprint density at radius 2 is 1.75 bits per heavy atom. The van der Waals surface area contributed by atoms with Crippen LogP contribution >= 0.6 is 11.8 Å². The highest BCUT2D eigenvalue weighted by Gasteiger charge is 2.24. The molecule has 0 aliphatic heterocycles. The number of aromatic hydroxyl groups is 1. The lowest BCUT2D eigenvalue weighted by Gasteiger charge is -2.15. The van der Waals surface area contributed by atoms with Gasteiger partial charge in [-0.3, -0.25) is 4.79 Å². The fourth-order valence-corrected chi connectivity index (χ4v) is 3.61. The summed E-state index contributed by atoms with van der Waals surface area (Å²) in [6, 6.07) is 10.4. The Bertz CT molecular complexity index is 1030. The number of hydrogen-bond acceptors (Lipinski definition) is 7. The molecule has 0 saturated heterocycles. The maximum absolute atomic E-state index is 12.3. The van der Waals surface area contributed by atoms with Gasteiger partial charge in [0.2, 0.25) is 5.88 Å². The molecule has 24 heavy (non-hydrogen) atoms. The average molecular weight is 362 g/mol. The number of sulfonamides is 1. The van der Waals surface area contributed by atoms with Crippen molar-refractivity contribution < 1.29 is 13.5 Å². The third-order valence-electron chi connectivity index (χ3n) is 3.00. The Morgan fingerprint density at radius 3 is 2.25 bits per heavy atom. The molecule has 0 aliphatic carbocycles. The van der Waals surface area contributed by atoms with Gasteiger partial charge in [-0.25, -0.2) is 4.83 Å². The van der Waals surface area contributed by atoms with Crippen LogP contribution in [0.1, 0.15) is 11.1 Å². The Hall–Kier alpha value is -2.95. The Balaban J connectivity index is 2.72. The molecule has 0 atom stereocenters. The van der Waals surface area contributed by atoms with Crippen LogP contribution in [0.3, 0.4) is 0 Å². The van der Waals surface area contributed by atoms with Crippen molar-refractivity contribution in [3.8, 4) is 18.0 Å². The molecule has 10 heteroatoms. The summed E-state index contributed by atoms with van der Waals surface area (Å²) in [5.41, 5.74) is -1.88. The van der Waals surface area contributed by atoms with E-state index in [1.807, 2.05) is 4.83 Å². The summed E-state index contributed by atoms with van der Waals surface area (Å²) in [7, 11) is -4.20. The van der Waals surface area contributed by atoms with Gasteiger partial charge in [0.25, 0.3) is 15.6 Å². The third-order valence-corrected chi connectivity index (χ3v) is 5.13. The number of hydrogen-bond donors (Lipinski definition) is 2. The van der Waals surface area contributed by atoms with E-state index in [9.17, 15) is 18.3 Å². The highest BCUT2D eigenvalue weighted by Crippen LogP contribution is 2.28. The van der Waals surface area contributed by atoms with Crippen molar-refractivity contribution in [1.29, 1.82) is 10.5 Å². The Kier molecular flexibility index (Phi) is 4.83. The third kappa shape index (κ3) is 2.93. The summed E-state index contributed by atoms with van der Waals surface area (Å²) in [5.74, 6) is -0.884. The fourth-order valence-electron chi connectivity index (χ4n) is 1.90. The number of thioether (sulfide) groups is 1. The molecular weight excluding hydrogens is 352 g/mol. The molecule has 0 bridgehead atoms. The normalized spacial score (nSPS) is 10.6. The maximum atomic E-state index is 12.3. The van der Waals surface area contributed by atoms with Gasteiger partial charge in [0.1, 0.15) is 23.3 Å². The molecule has 0 unspecified atom stereocenters. The number of nitrogens with one attached hydrogen (secondary N) is 1. The van der Waals surface area contributed by atoms with Crippen molar-refractivity contribution in [3.63, 3.8) is 0 Å². The van der Waals surface area contributed by atoms with Crippen molar-refractivity contribution in [2.24, 2.45) is 0 Å². The van der Waals surface area contributed by atoms with Crippen molar-refractivity contribution >= 4 is 21.8 Å². The molecule has 122 valence electrons. The van der Waals surface area contributed by atoms with Crippen LogP contribution in [0, 0.1) is 22.7 Å². The van der Waals surface area contributed by atoms with Gasteiger partial charge in [-0.15, -0.1) is 11.8 Å². The lowest BCUT2D eigenvalue weighted by molar-refractivity contribution is 0.424. The Labute approximate surface area is 141 Å². The largest absolute Gasteiger partial charge is 0.492 e. The number of rotatable bonds is 4. The number of benzene rings is 1. The van der Waals surface area contributed by atoms with Gasteiger partial charge < -0.3 is 5.11 Å². The van der Waals surface area contributed by atoms with E-state index in [1.54, 1.807) is 18.2 Å². The van der Waals surface area contributed by atoms with E-state index in [4.69, 9.17) is 10.5 Å².